The van der Waals surface area contributed by atoms with Gasteiger partial charge in [0, 0.05) is 15.2 Å². The molecule has 1 aromatic heterocycles. The highest BCUT2D eigenvalue weighted by atomic mass is 127. The fourth-order valence-electron chi connectivity index (χ4n) is 2.02. The zero-order valence-electron chi connectivity index (χ0n) is 10.6. The van der Waals surface area contributed by atoms with Crippen LogP contribution in [0.2, 0.25) is 0 Å². The van der Waals surface area contributed by atoms with Gasteiger partial charge >= 0.3 is 0 Å². The predicted octanol–water partition coefficient (Wildman–Crippen LogP) is 3.81. The monoisotopic (exact) mass is 413 g/mol. The summed E-state index contributed by atoms with van der Waals surface area (Å²) in [6.07, 6.45) is 1.31. The molecule has 106 valence electrons. The van der Waals surface area contributed by atoms with Gasteiger partial charge in [-0.3, -0.25) is 4.98 Å². The van der Waals surface area contributed by atoms with Crippen molar-refractivity contribution in [3.8, 4) is 0 Å². The number of rotatable bonds is 2. The van der Waals surface area contributed by atoms with Crippen LogP contribution < -0.4 is 0 Å². The largest absolute Gasteiger partial charge is 0.254 e. The Morgan fingerprint density at radius 1 is 1.00 bits per heavy atom. The highest BCUT2D eigenvalue weighted by Gasteiger charge is 2.19. The summed E-state index contributed by atoms with van der Waals surface area (Å²) < 4.78 is 39.2. The van der Waals surface area contributed by atoms with Crippen molar-refractivity contribution >= 4 is 43.3 Å². The first-order valence-corrected chi connectivity index (χ1v) is 8.59. The van der Waals surface area contributed by atoms with Crippen LogP contribution in [0.1, 0.15) is 0 Å². The summed E-state index contributed by atoms with van der Waals surface area (Å²) in [6.45, 7) is 0. The highest BCUT2D eigenvalue weighted by Crippen LogP contribution is 2.25. The Morgan fingerprint density at radius 3 is 2.52 bits per heavy atom. The molecule has 21 heavy (non-hydrogen) atoms. The van der Waals surface area contributed by atoms with Crippen LogP contribution in [-0.2, 0) is 9.84 Å². The van der Waals surface area contributed by atoms with E-state index in [-0.39, 0.29) is 9.79 Å². The van der Waals surface area contributed by atoms with Gasteiger partial charge in [0.25, 0.3) is 0 Å². The minimum Gasteiger partial charge on any atom is -0.254 e. The predicted molar refractivity (Wildman–Crippen MR) is 86.3 cm³/mol. The van der Waals surface area contributed by atoms with Crippen molar-refractivity contribution in [3.63, 3.8) is 0 Å². The van der Waals surface area contributed by atoms with Crippen molar-refractivity contribution < 1.29 is 12.8 Å². The number of para-hydroxylation sites is 1. The van der Waals surface area contributed by atoms with Crippen LogP contribution in [0.5, 0.6) is 0 Å². The van der Waals surface area contributed by atoms with E-state index in [4.69, 9.17) is 0 Å². The van der Waals surface area contributed by atoms with Crippen LogP contribution >= 0.6 is 22.6 Å². The van der Waals surface area contributed by atoms with Crippen LogP contribution in [-0.4, -0.2) is 13.4 Å². The molecule has 0 saturated heterocycles. The molecule has 0 aliphatic heterocycles. The smallest absolute Gasteiger partial charge is 0.208 e. The van der Waals surface area contributed by atoms with Crippen molar-refractivity contribution in [1.82, 2.24) is 4.98 Å². The first-order valence-electron chi connectivity index (χ1n) is 6.03. The van der Waals surface area contributed by atoms with E-state index in [1.807, 2.05) is 12.1 Å². The van der Waals surface area contributed by atoms with Crippen LogP contribution in [0, 0.1) is 9.39 Å². The van der Waals surface area contributed by atoms with Crippen molar-refractivity contribution in [1.29, 1.82) is 0 Å². The molecular formula is C15H9FINO2S. The van der Waals surface area contributed by atoms with Crippen LogP contribution in [0.15, 0.2) is 64.5 Å². The van der Waals surface area contributed by atoms with E-state index in [1.54, 1.807) is 12.1 Å². The van der Waals surface area contributed by atoms with E-state index < -0.39 is 15.7 Å². The van der Waals surface area contributed by atoms with Gasteiger partial charge in [-0.1, -0.05) is 18.2 Å². The van der Waals surface area contributed by atoms with Gasteiger partial charge in [-0.05, 0) is 52.9 Å². The summed E-state index contributed by atoms with van der Waals surface area (Å²) in [7, 11) is -3.77. The van der Waals surface area contributed by atoms with Gasteiger partial charge in [-0.25, -0.2) is 12.8 Å². The lowest BCUT2D eigenvalue weighted by Gasteiger charge is -2.06. The van der Waals surface area contributed by atoms with E-state index in [0.29, 0.717) is 0 Å². The number of aromatic nitrogens is 1. The molecule has 3 nitrogen and oxygen atoms in total. The first-order chi connectivity index (χ1) is 9.98. The lowest BCUT2D eigenvalue weighted by Crippen LogP contribution is -2.03. The molecule has 0 spiro atoms. The Balaban J connectivity index is 2.20. The third-order valence-electron chi connectivity index (χ3n) is 3.05. The standard InChI is InChI=1S/C15H9FINO2S/c16-11-4-2-5-12(8-11)21(19,20)13-7-10-3-1-6-14(17)15(10)18-9-13/h1-9H. The lowest BCUT2D eigenvalue weighted by molar-refractivity contribution is 0.590. The van der Waals surface area contributed by atoms with E-state index in [1.165, 1.54) is 24.4 Å². The quantitative estimate of drug-likeness (QED) is 0.601. The van der Waals surface area contributed by atoms with E-state index in [9.17, 15) is 12.8 Å². The summed E-state index contributed by atoms with van der Waals surface area (Å²) >= 11 is 2.15. The number of benzene rings is 2. The third kappa shape index (κ3) is 2.65. The summed E-state index contributed by atoms with van der Waals surface area (Å²) in [5.41, 5.74) is 0.747. The average molecular weight is 413 g/mol. The fraction of sp³-hybridized carbons (Fsp3) is 0. The molecule has 0 N–H and O–H groups in total. The highest BCUT2D eigenvalue weighted by molar-refractivity contribution is 14.1. The van der Waals surface area contributed by atoms with Gasteiger partial charge in [-0.2, -0.15) is 0 Å². The fourth-order valence-corrected chi connectivity index (χ4v) is 3.95. The molecule has 0 aliphatic carbocycles. The summed E-state index contributed by atoms with van der Waals surface area (Å²) in [4.78, 5) is 4.20. The summed E-state index contributed by atoms with van der Waals surface area (Å²) in [5.74, 6) is -0.584. The Hall–Kier alpha value is -1.54. The minimum atomic E-state index is -3.77. The van der Waals surface area contributed by atoms with Crippen molar-refractivity contribution in [3.05, 3.63) is 64.1 Å². The molecule has 0 saturated carbocycles. The molecule has 0 radical (unpaired) electrons. The van der Waals surface area contributed by atoms with E-state index in [2.05, 4.69) is 27.6 Å². The normalized spacial score (nSPS) is 11.7. The van der Waals surface area contributed by atoms with Gasteiger partial charge in [0.15, 0.2) is 0 Å². The average Bonchev–Trinajstić information content (AvgIpc) is 2.47. The van der Waals surface area contributed by atoms with Gasteiger partial charge in [0.1, 0.15) is 5.82 Å². The van der Waals surface area contributed by atoms with Crippen molar-refractivity contribution in [2.45, 2.75) is 9.79 Å². The maximum absolute atomic E-state index is 13.2. The molecule has 3 aromatic rings. The Labute approximate surface area is 134 Å². The number of fused-ring (bicyclic) bond motifs is 1. The molecule has 0 amide bonds. The zero-order valence-corrected chi connectivity index (χ0v) is 13.6. The van der Waals surface area contributed by atoms with Gasteiger partial charge < -0.3 is 0 Å². The molecule has 0 unspecified atom stereocenters. The summed E-state index contributed by atoms with van der Waals surface area (Å²) in [6, 6.07) is 12.1. The molecule has 2 aromatic carbocycles. The number of halogens is 2. The van der Waals surface area contributed by atoms with Crippen molar-refractivity contribution in [2.75, 3.05) is 0 Å². The molecule has 1 heterocycles. The third-order valence-corrected chi connectivity index (χ3v) is 5.64. The molecule has 6 heteroatoms. The molecule has 0 atom stereocenters. The first kappa shape index (κ1) is 14.4. The second-order valence-corrected chi connectivity index (χ2v) is 7.56. The van der Waals surface area contributed by atoms with Crippen molar-refractivity contribution in [2.24, 2.45) is 0 Å². The Morgan fingerprint density at radius 2 is 1.76 bits per heavy atom. The minimum absolute atomic E-state index is 0.0580. The van der Waals surface area contributed by atoms with Crippen LogP contribution in [0.4, 0.5) is 4.39 Å². The molecule has 0 aliphatic rings. The second-order valence-electron chi connectivity index (χ2n) is 4.44. The van der Waals surface area contributed by atoms with E-state index in [0.717, 1.165) is 20.5 Å². The zero-order chi connectivity index (χ0) is 15.0. The summed E-state index contributed by atoms with van der Waals surface area (Å²) in [5, 5.41) is 0.736. The number of hydrogen-bond acceptors (Lipinski definition) is 3. The Bertz CT molecular complexity index is 941. The van der Waals surface area contributed by atoms with Crippen LogP contribution in [0.25, 0.3) is 10.9 Å². The number of sulfone groups is 1. The maximum atomic E-state index is 13.2. The van der Waals surface area contributed by atoms with E-state index >= 15 is 0 Å². The molecule has 0 fully saturated rings. The SMILES string of the molecule is O=S(=O)(c1cccc(F)c1)c1cnc2c(I)cccc2c1. The van der Waals surface area contributed by atoms with Gasteiger partial charge in [0.2, 0.25) is 9.84 Å². The number of pyridine rings is 1. The van der Waals surface area contributed by atoms with Gasteiger partial charge in [-0.15, -0.1) is 0 Å². The Kier molecular flexibility index (Phi) is 3.66. The van der Waals surface area contributed by atoms with Crippen LogP contribution in [0.3, 0.4) is 0 Å². The second kappa shape index (κ2) is 5.34. The molecule has 3 rings (SSSR count). The topological polar surface area (TPSA) is 47.0 Å². The molecule has 0 bridgehead atoms. The number of hydrogen-bond donors (Lipinski definition) is 0. The number of nitrogens with zero attached hydrogens (tertiary/aromatic N) is 1. The molecular weight excluding hydrogens is 404 g/mol. The van der Waals surface area contributed by atoms with Gasteiger partial charge in [0.05, 0.1) is 15.3 Å². The maximum Gasteiger partial charge on any atom is 0.208 e. The lowest BCUT2D eigenvalue weighted by atomic mass is 10.2.